The van der Waals surface area contributed by atoms with Gasteiger partial charge in [0.15, 0.2) is 0 Å². The van der Waals surface area contributed by atoms with Crippen molar-refractivity contribution in [2.45, 2.75) is 6.42 Å². The van der Waals surface area contributed by atoms with Crippen molar-refractivity contribution in [3.05, 3.63) is 39.8 Å². The van der Waals surface area contributed by atoms with Gasteiger partial charge in [-0.05, 0) is 18.2 Å². The molecular formula is C12H9Cl2N3O. The molecule has 0 spiro atoms. The van der Waals surface area contributed by atoms with E-state index in [4.69, 9.17) is 23.2 Å². The number of rotatable bonds is 1. The fourth-order valence-corrected chi connectivity index (χ4v) is 2.53. The van der Waals surface area contributed by atoms with Crippen LogP contribution in [-0.2, 0) is 6.42 Å². The Labute approximate surface area is 113 Å². The Balaban J connectivity index is 2.10. The Bertz CT molecular complexity index is 616. The summed E-state index contributed by atoms with van der Waals surface area (Å²) in [7, 11) is 0. The summed E-state index contributed by atoms with van der Waals surface area (Å²) in [6.45, 7) is 0.656. The summed E-state index contributed by atoms with van der Waals surface area (Å²) in [4.78, 5) is 18.8. The number of aromatic nitrogens is 2. The van der Waals surface area contributed by atoms with E-state index in [1.165, 1.54) is 0 Å². The SMILES string of the molecule is O=C1NCCc2[nH]c(-c3cc(Cl)nc(Cl)c3)cc21. The number of amides is 1. The van der Waals surface area contributed by atoms with Crippen LogP contribution in [-0.4, -0.2) is 22.4 Å². The van der Waals surface area contributed by atoms with Crippen molar-refractivity contribution >= 4 is 29.1 Å². The maximum Gasteiger partial charge on any atom is 0.253 e. The molecule has 0 atom stereocenters. The van der Waals surface area contributed by atoms with E-state index in [1.807, 2.05) is 6.07 Å². The lowest BCUT2D eigenvalue weighted by Crippen LogP contribution is -2.31. The molecule has 0 fully saturated rings. The number of H-pyrrole nitrogens is 1. The van der Waals surface area contributed by atoms with Gasteiger partial charge in [0.2, 0.25) is 0 Å². The van der Waals surface area contributed by atoms with Crippen LogP contribution >= 0.6 is 23.2 Å². The summed E-state index contributed by atoms with van der Waals surface area (Å²) in [5, 5.41) is 3.46. The van der Waals surface area contributed by atoms with Gasteiger partial charge in [-0.3, -0.25) is 4.79 Å². The first-order valence-corrected chi connectivity index (χ1v) is 6.22. The summed E-state index contributed by atoms with van der Waals surface area (Å²) in [5.74, 6) is -0.0509. The molecule has 3 heterocycles. The Morgan fingerprint density at radius 3 is 2.56 bits per heavy atom. The number of nitrogens with one attached hydrogen (secondary N) is 2. The van der Waals surface area contributed by atoms with Crippen molar-refractivity contribution in [3.8, 4) is 11.3 Å². The minimum atomic E-state index is -0.0509. The van der Waals surface area contributed by atoms with Gasteiger partial charge in [0.05, 0.1) is 5.56 Å². The Hall–Kier alpha value is -1.52. The second-order valence-corrected chi connectivity index (χ2v) is 4.86. The lowest BCUT2D eigenvalue weighted by atomic mass is 10.1. The first-order chi connectivity index (χ1) is 8.63. The predicted octanol–water partition coefficient (Wildman–Crippen LogP) is 2.67. The number of carbonyl (C=O) groups excluding carboxylic acids is 1. The van der Waals surface area contributed by atoms with Crippen LogP contribution in [0.15, 0.2) is 18.2 Å². The molecule has 2 aromatic heterocycles. The largest absolute Gasteiger partial charge is 0.358 e. The minimum absolute atomic E-state index is 0.0509. The third-order valence-electron chi connectivity index (χ3n) is 2.88. The molecule has 6 heteroatoms. The Morgan fingerprint density at radius 1 is 1.17 bits per heavy atom. The van der Waals surface area contributed by atoms with Crippen LogP contribution in [0, 0.1) is 0 Å². The van der Waals surface area contributed by atoms with Crippen molar-refractivity contribution < 1.29 is 4.79 Å². The average molecular weight is 282 g/mol. The fraction of sp³-hybridized carbons (Fsp3) is 0.167. The highest BCUT2D eigenvalue weighted by Crippen LogP contribution is 2.27. The number of nitrogens with zero attached hydrogens (tertiary/aromatic N) is 1. The van der Waals surface area contributed by atoms with Crippen LogP contribution < -0.4 is 5.32 Å². The van der Waals surface area contributed by atoms with Crippen molar-refractivity contribution in [1.29, 1.82) is 0 Å². The maximum atomic E-state index is 11.7. The molecule has 0 aromatic carbocycles. The monoisotopic (exact) mass is 281 g/mol. The van der Waals surface area contributed by atoms with Crippen LogP contribution in [0.2, 0.25) is 10.3 Å². The van der Waals surface area contributed by atoms with Crippen molar-refractivity contribution in [2.24, 2.45) is 0 Å². The molecule has 2 aromatic rings. The van der Waals surface area contributed by atoms with E-state index in [0.29, 0.717) is 22.4 Å². The zero-order valence-electron chi connectivity index (χ0n) is 9.26. The van der Waals surface area contributed by atoms with Gasteiger partial charge in [-0.15, -0.1) is 0 Å². The summed E-state index contributed by atoms with van der Waals surface area (Å²) >= 11 is 11.7. The minimum Gasteiger partial charge on any atom is -0.358 e. The normalized spacial score (nSPS) is 14.2. The molecule has 0 saturated carbocycles. The molecule has 18 heavy (non-hydrogen) atoms. The molecule has 4 nitrogen and oxygen atoms in total. The standard InChI is InChI=1S/C12H9Cl2N3O/c13-10-3-6(4-11(14)17-10)9-5-7-8(16-9)1-2-15-12(7)18/h3-5,16H,1-2H2,(H,15,18). The molecule has 0 unspecified atom stereocenters. The highest BCUT2D eigenvalue weighted by atomic mass is 35.5. The van der Waals surface area contributed by atoms with E-state index in [2.05, 4.69) is 15.3 Å². The number of aromatic amines is 1. The molecule has 2 N–H and O–H groups in total. The smallest absolute Gasteiger partial charge is 0.253 e. The third kappa shape index (κ3) is 1.98. The summed E-state index contributed by atoms with van der Waals surface area (Å²) in [6.07, 6.45) is 0.799. The van der Waals surface area contributed by atoms with Gasteiger partial charge in [-0.2, -0.15) is 0 Å². The number of hydrogen-bond donors (Lipinski definition) is 2. The van der Waals surface area contributed by atoms with E-state index < -0.39 is 0 Å². The van der Waals surface area contributed by atoms with Gasteiger partial charge in [0, 0.05) is 29.9 Å². The van der Waals surface area contributed by atoms with Crippen LogP contribution in [0.4, 0.5) is 0 Å². The summed E-state index contributed by atoms with van der Waals surface area (Å²) in [5.41, 5.74) is 3.27. The van der Waals surface area contributed by atoms with Gasteiger partial charge in [-0.1, -0.05) is 23.2 Å². The van der Waals surface area contributed by atoms with Gasteiger partial charge in [-0.25, -0.2) is 4.98 Å². The first-order valence-electron chi connectivity index (χ1n) is 5.47. The van der Waals surface area contributed by atoms with E-state index in [-0.39, 0.29) is 5.91 Å². The lowest BCUT2D eigenvalue weighted by Gasteiger charge is -2.10. The van der Waals surface area contributed by atoms with Gasteiger partial charge in [0.1, 0.15) is 10.3 Å². The average Bonchev–Trinajstić information content (AvgIpc) is 2.73. The summed E-state index contributed by atoms with van der Waals surface area (Å²) < 4.78 is 0. The van der Waals surface area contributed by atoms with E-state index >= 15 is 0 Å². The highest BCUT2D eigenvalue weighted by molar-refractivity contribution is 6.32. The molecule has 3 rings (SSSR count). The lowest BCUT2D eigenvalue weighted by molar-refractivity contribution is 0.0946. The molecule has 0 aliphatic carbocycles. The van der Waals surface area contributed by atoms with Gasteiger partial charge < -0.3 is 10.3 Å². The maximum absolute atomic E-state index is 11.7. The number of fused-ring (bicyclic) bond motifs is 1. The van der Waals surface area contributed by atoms with Gasteiger partial charge >= 0.3 is 0 Å². The van der Waals surface area contributed by atoms with E-state index in [9.17, 15) is 4.79 Å². The van der Waals surface area contributed by atoms with Gasteiger partial charge in [0.25, 0.3) is 5.91 Å². The zero-order valence-corrected chi connectivity index (χ0v) is 10.8. The van der Waals surface area contributed by atoms with Crippen LogP contribution in [0.25, 0.3) is 11.3 Å². The molecule has 1 aliphatic heterocycles. The van der Waals surface area contributed by atoms with Crippen molar-refractivity contribution in [1.82, 2.24) is 15.3 Å². The zero-order chi connectivity index (χ0) is 12.7. The second kappa shape index (κ2) is 4.30. The Kier molecular flexibility index (Phi) is 2.76. The van der Waals surface area contributed by atoms with E-state index in [0.717, 1.165) is 23.4 Å². The van der Waals surface area contributed by atoms with Crippen molar-refractivity contribution in [2.75, 3.05) is 6.54 Å². The highest BCUT2D eigenvalue weighted by Gasteiger charge is 2.20. The number of pyridine rings is 1. The molecule has 1 amide bonds. The predicted molar refractivity (Wildman–Crippen MR) is 70.1 cm³/mol. The molecule has 0 radical (unpaired) electrons. The molecule has 92 valence electrons. The van der Waals surface area contributed by atoms with Crippen LogP contribution in [0.1, 0.15) is 16.1 Å². The van der Waals surface area contributed by atoms with Crippen LogP contribution in [0.5, 0.6) is 0 Å². The molecule has 0 saturated heterocycles. The molecule has 1 aliphatic rings. The fourth-order valence-electron chi connectivity index (χ4n) is 2.07. The number of carbonyl (C=O) groups is 1. The molecule has 0 bridgehead atoms. The quantitative estimate of drug-likeness (QED) is 0.790. The topological polar surface area (TPSA) is 57.8 Å². The van der Waals surface area contributed by atoms with Crippen molar-refractivity contribution in [3.63, 3.8) is 0 Å². The summed E-state index contributed by atoms with van der Waals surface area (Å²) in [6, 6.07) is 5.23. The second-order valence-electron chi connectivity index (χ2n) is 4.08. The number of hydrogen-bond acceptors (Lipinski definition) is 2. The first kappa shape index (κ1) is 11.6. The van der Waals surface area contributed by atoms with Crippen LogP contribution in [0.3, 0.4) is 0 Å². The third-order valence-corrected chi connectivity index (χ3v) is 3.27. The van der Waals surface area contributed by atoms with E-state index in [1.54, 1.807) is 12.1 Å². The molecular weight excluding hydrogens is 273 g/mol. The number of halogens is 2. The Morgan fingerprint density at radius 2 is 1.89 bits per heavy atom.